The molecule has 0 radical (unpaired) electrons. The topological polar surface area (TPSA) is 78.2 Å². The second-order valence-corrected chi connectivity index (χ2v) is 8.09. The maximum absolute atomic E-state index is 14.2. The average molecular weight is 451 g/mol. The Balaban J connectivity index is 1.25. The molecule has 0 aliphatic carbocycles. The number of nitrogens with zero attached hydrogens (tertiary/aromatic N) is 1. The Bertz CT molecular complexity index is 1150. The first-order valence-electron chi connectivity index (χ1n) is 10.7. The maximum Gasteiger partial charge on any atom is 0.311 e. The van der Waals surface area contributed by atoms with E-state index < -0.39 is 24.0 Å². The van der Waals surface area contributed by atoms with Crippen molar-refractivity contribution in [1.29, 1.82) is 0 Å². The van der Waals surface area contributed by atoms with Gasteiger partial charge in [-0.25, -0.2) is 4.39 Å². The van der Waals surface area contributed by atoms with Crippen LogP contribution in [0, 0.1) is 11.7 Å². The SMILES string of the molecule is O=C(OCc1cc(F)cc2c1OC(c1ccccc1)OC2)C1CC(=O)N(Cc2ccco2)C1. The summed E-state index contributed by atoms with van der Waals surface area (Å²) in [6.45, 7) is 0.567. The second kappa shape index (κ2) is 9.07. The Morgan fingerprint density at radius 1 is 1.15 bits per heavy atom. The minimum absolute atomic E-state index is 0.0707. The van der Waals surface area contributed by atoms with Gasteiger partial charge in [0.1, 0.15) is 23.9 Å². The molecule has 2 unspecified atom stereocenters. The molecule has 2 aliphatic heterocycles. The standard InChI is InChI=1S/C25H22FNO6/c26-20-9-18(23-19(10-20)15-32-25(33-23)16-5-2-1-3-6-16)14-31-24(29)17-11-22(28)27(12-17)13-21-7-4-8-30-21/h1-10,17,25H,11-15H2. The zero-order valence-corrected chi connectivity index (χ0v) is 17.7. The summed E-state index contributed by atoms with van der Waals surface area (Å²) >= 11 is 0. The van der Waals surface area contributed by atoms with Crippen molar-refractivity contribution in [2.24, 2.45) is 5.92 Å². The number of amides is 1. The fraction of sp³-hybridized carbons (Fsp3) is 0.280. The van der Waals surface area contributed by atoms with Gasteiger partial charge in [0, 0.05) is 29.7 Å². The summed E-state index contributed by atoms with van der Waals surface area (Å²) in [5.41, 5.74) is 1.80. The molecule has 0 spiro atoms. The van der Waals surface area contributed by atoms with Crippen molar-refractivity contribution in [2.45, 2.75) is 32.5 Å². The van der Waals surface area contributed by atoms with Crippen molar-refractivity contribution >= 4 is 11.9 Å². The molecule has 33 heavy (non-hydrogen) atoms. The first-order valence-corrected chi connectivity index (χ1v) is 10.7. The highest BCUT2D eigenvalue weighted by atomic mass is 19.1. The van der Waals surface area contributed by atoms with Gasteiger partial charge in [-0.15, -0.1) is 0 Å². The summed E-state index contributed by atoms with van der Waals surface area (Å²) in [6, 6.07) is 15.6. The van der Waals surface area contributed by atoms with Crippen molar-refractivity contribution in [3.63, 3.8) is 0 Å². The van der Waals surface area contributed by atoms with Gasteiger partial charge in [-0.3, -0.25) is 9.59 Å². The molecule has 7 nitrogen and oxygen atoms in total. The molecule has 0 bridgehead atoms. The Morgan fingerprint density at radius 3 is 2.79 bits per heavy atom. The summed E-state index contributed by atoms with van der Waals surface area (Å²) in [6.07, 6.45) is 0.971. The third-order valence-electron chi connectivity index (χ3n) is 5.74. The van der Waals surface area contributed by atoms with Crippen LogP contribution in [0.5, 0.6) is 5.75 Å². The highest BCUT2D eigenvalue weighted by Gasteiger charge is 2.36. The molecule has 2 aliphatic rings. The lowest BCUT2D eigenvalue weighted by molar-refractivity contribution is -0.150. The minimum atomic E-state index is -0.638. The molecule has 0 N–H and O–H groups in total. The number of ether oxygens (including phenoxy) is 3. The lowest BCUT2D eigenvalue weighted by Gasteiger charge is -2.28. The van der Waals surface area contributed by atoms with Gasteiger partial charge in [-0.05, 0) is 24.3 Å². The first-order chi connectivity index (χ1) is 16.1. The van der Waals surface area contributed by atoms with Gasteiger partial charge in [0.05, 0.1) is 25.3 Å². The molecule has 170 valence electrons. The predicted octanol–water partition coefficient (Wildman–Crippen LogP) is 4.12. The van der Waals surface area contributed by atoms with Gasteiger partial charge in [0.2, 0.25) is 12.2 Å². The van der Waals surface area contributed by atoms with E-state index in [2.05, 4.69) is 0 Å². The van der Waals surface area contributed by atoms with Crippen molar-refractivity contribution in [3.05, 3.63) is 89.1 Å². The van der Waals surface area contributed by atoms with Gasteiger partial charge in [-0.1, -0.05) is 30.3 Å². The van der Waals surface area contributed by atoms with E-state index in [1.54, 1.807) is 17.0 Å². The summed E-state index contributed by atoms with van der Waals surface area (Å²) in [5, 5.41) is 0. The van der Waals surface area contributed by atoms with E-state index in [0.29, 0.717) is 29.2 Å². The monoisotopic (exact) mass is 451 g/mol. The third kappa shape index (κ3) is 4.61. The zero-order valence-electron chi connectivity index (χ0n) is 17.7. The van der Waals surface area contributed by atoms with Crippen LogP contribution in [0.4, 0.5) is 4.39 Å². The van der Waals surface area contributed by atoms with Crippen molar-refractivity contribution in [1.82, 2.24) is 4.90 Å². The van der Waals surface area contributed by atoms with Crippen LogP contribution in [0.1, 0.15) is 35.2 Å². The number of hydrogen-bond donors (Lipinski definition) is 0. The fourth-order valence-corrected chi connectivity index (χ4v) is 4.10. The Hall–Kier alpha value is -3.65. The van der Waals surface area contributed by atoms with Crippen LogP contribution in [-0.2, 0) is 38.8 Å². The lowest BCUT2D eigenvalue weighted by atomic mass is 10.1. The number of esters is 1. The molecule has 1 amide bonds. The Kier molecular flexibility index (Phi) is 5.83. The van der Waals surface area contributed by atoms with Crippen LogP contribution in [-0.4, -0.2) is 23.3 Å². The second-order valence-electron chi connectivity index (χ2n) is 8.09. The van der Waals surface area contributed by atoms with Crippen molar-refractivity contribution in [2.75, 3.05) is 6.54 Å². The first kappa shape index (κ1) is 21.2. The number of halogens is 1. The zero-order chi connectivity index (χ0) is 22.8. The van der Waals surface area contributed by atoms with E-state index in [9.17, 15) is 14.0 Å². The van der Waals surface area contributed by atoms with Gasteiger partial charge < -0.3 is 23.5 Å². The normalized spacial score (nSPS) is 19.8. The van der Waals surface area contributed by atoms with Crippen molar-refractivity contribution < 1.29 is 32.6 Å². The lowest BCUT2D eigenvalue weighted by Crippen LogP contribution is -2.26. The number of carbonyl (C=O) groups is 2. The molecule has 2 aromatic carbocycles. The van der Waals surface area contributed by atoms with Gasteiger partial charge >= 0.3 is 5.97 Å². The van der Waals surface area contributed by atoms with Crippen LogP contribution in [0.15, 0.2) is 65.3 Å². The van der Waals surface area contributed by atoms with Crippen LogP contribution in [0.3, 0.4) is 0 Å². The highest BCUT2D eigenvalue weighted by Crippen LogP contribution is 2.37. The molecular formula is C25H22FNO6. The number of hydrogen-bond acceptors (Lipinski definition) is 6. The van der Waals surface area contributed by atoms with E-state index in [1.165, 1.54) is 18.4 Å². The molecule has 5 rings (SSSR count). The smallest absolute Gasteiger partial charge is 0.311 e. The van der Waals surface area contributed by atoms with Crippen LogP contribution >= 0.6 is 0 Å². The molecule has 1 aromatic heterocycles. The molecule has 3 aromatic rings. The number of fused-ring (bicyclic) bond motifs is 1. The summed E-state index contributed by atoms with van der Waals surface area (Å²) in [7, 11) is 0. The molecule has 3 heterocycles. The Morgan fingerprint density at radius 2 is 2.00 bits per heavy atom. The largest absolute Gasteiger partial charge is 0.467 e. The fourth-order valence-electron chi connectivity index (χ4n) is 4.10. The molecule has 8 heteroatoms. The number of furan rings is 1. The average Bonchev–Trinajstić information content (AvgIpc) is 3.47. The maximum atomic E-state index is 14.2. The van der Waals surface area contributed by atoms with Crippen LogP contribution < -0.4 is 4.74 Å². The van der Waals surface area contributed by atoms with E-state index >= 15 is 0 Å². The number of likely N-dealkylation sites (tertiary alicyclic amines) is 1. The van der Waals surface area contributed by atoms with E-state index in [0.717, 1.165) is 5.56 Å². The summed E-state index contributed by atoms with van der Waals surface area (Å²) in [5.74, 6) is -0.594. The summed E-state index contributed by atoms with van der Waals surface area (Å²) < 4.78 is 36.7. The number of rotatable bonds is 6. The molecule has 2 atom stereocenters. The van der Waals surface area contributed by atoms with Gasteiger partial charge in [0.25, 0.3) is 0 Å². The van der Waals surface area contributed by atoms with E-state index in [4.69, 9.17) is 18.6 Å². The molecule has 1 saturated heterocycles. The number of carbonyl (C=O) groups excluding carboxylic acids is 2. The van der Waals surface area contributed by atoms with Crippen LogP contribution in [0.2, 0.25) is 0 Å². The van der Waals surface area contributed by atoms with E-state index in [-0.39, 0.29) is 32.1 Å². The van der Waals surface area contributed by atoms with Gasteiger partial charge in [0.15, 0.2) is 0 Å². The minimum Gasteiger partial charge on any atom is -0.467 e. The molecule has 1 fully saturated rings. The molecule has 0 saturated carbocycles. The van der Waals surface area contributed by atoms with Crippen LogP contribution in [0.25, 0.3) is 0 Å². The predicted molar refractivity (Wildman–Crippen MR) is 113 cm³/mol. The summed E-state index contributed by atoms with van der Waals surface area (Å²) in [4.78, 5) is 26.5. The highest BCUT2D eigenvalue weighted by molar-refractivity contribution is 5.86. The Labute approximate surface area is 189 Å². The molecular weight excluding hydrogens is 429 g/mol. The van der Waals surface area contributed by atoms with Crippen molar-refractivity contribution in [3.8, 4) is 5.75 Å². The number of benzene rings is 2. The quantitative estimate of drug-likeness (QED) is 0.525. The third-order valence-corrected chi connectivity index (χ3v) is 5.74. The van der Waals surface area contributed by atoms with E-state index in [1.807, 2.05) is 30.3 Å². The van der Waals surface area contributed by atoms with Gasteiger partial charge in [-0.2, -0.15) is 0 Å².